The van der Waals surface area contributed by atoms with Gasteiger partial charge in [-0.1, -0.05) is 11.6 Å². The monoisotopic (exact) mass is 386 g/mol. The summed E-state index contributed by atoms with van der Waals surface area (Å²) in [5.41, 5.74) is 0. The van der Waals surface area contributed by atoms with Crippen molar-refractivity contribution in [1.29, 1.82) is 0 Å². The van der Waals surface area contributed by atoms with E-state index < -0.39 is 6.10 Å². The topological polar surface area (TPSA) is 58.6 Å². The Labute approximate surface area is 158 Å². The zero-order valence-corrected chi connectivity index (χ0v) is 15.9. The molecule has 0 aliphatic carbocycles. The summed E-state index contributed by atoms with van der Waals surface area (Å²) >= 11 is 11.4. The van der Waals surface area contributed by atoms with Gasteiger partial charge in [-0.25, -0.2) is 0 Å². The highest BCUT2D eigenvalue weighted by atomic mass is 35.5. The lowest BCUT2D eigenvalue weighted by atomic mass is 10.0. The minimum Gasteiger partial charge on any atom is -0.481 e. The first-order valence-electron chi connectivity index (χ1n) is 8.56. The summed E-state index contributed by atoms with van der Waals surface area (Å²) in [5, 5.41) is 3.63. The molecule has 5 nitrogen and oxygen atoms in total. The summed E-state index contributed by atoms with van der Waals surface area (Å²) in [7, 11) is 0. The smallest absolute Gasteiger partial charge is 0.263 e. The fourth-order valence-corrected chi connectivity index (χ4v) is 3.06. The lowest BCUT2D eigenvalue weighted by Crippen LogP contribution is -2.49. The first-order valence-corrected chi connectivity index (χ1v) is 9.47. The van der Waals surface area contributed by atoms with Crippen molar-refractivity contribution in [3.05, 3.63) is 29.3 Å². The molecular weight excluding hydrogens is 363 g/mol. The number of benzene rings is 1. The maximum absolute atomic E-state index is 12.5. The Morgan fingerprint density at radius 1 is 1.28 bits per heavy atom. The Balaban J connectivity index is 1.76. The van der Waals surface area contributed by atoms with Crippen LogP contribution in [0.4, 0.5) is 0 Å². The maximum Gasteiger partial charge on any atom is 0.263 e. The average molecular weight is 387 g/mol. The molecule has 7 heteroatoms. The number of hydrogen-bond acceptors (Lipinski definition) is 3. The van der Waals surface area contributed by atoms with Crippen molar-refractivity contribution in [3.8, 4) is 5.75 Å². The van der Waals surface area contributed by atoms with Crippen molar-refractivity contribution in [2.75, 3.05) is 19.0 Å². The van der Waals surface area contributed by atoms with Gasteiger partial charge in [0.1, 0.15) is 5.75 Å². The van der Waals surface area contributed by atoms with E-state index in [1.807, 2.05) is 0 Å². The number of carbonyl (C=O) groups excluding carboxylic acids is 2. The summed E-state index contributed by atoms with van der Waals surface area (Å²) in [6, 6.07) is 7.07. The molecule has 1 heterocycles. The Bertz CT molecular complexity index is 572. The number of amides is 2. The van der Waals surface area contributed by atoms with Gasteiger partial charge in [-0.05, 0) is 50.5 Å². The molecule has 0 spiro atoms. The van der Waals surface area contributed by atoms with Crippen LogP contribution in [-0.4, -0.2) is 47.8 Å². The first kappa shape index (κ1) is 19.9. The van der Waals surface area contributed by atoms with Crippen molar-refractivity contribution in [2.24, 2.45) is 0 Å². The van der Waals surface area contributed by atoms with Crippen LogP contribution in [0.1, 0.15) is 32.6 Å². The molecule has 1 aliphatic rings. The molecular formula is C18H24Cl2N2O3. The van der Waals surface area contributed by atoms with Crippen LogP contribution in [0.5, 0.6) is 5.75 Å². The first-order chi connectivity index (χ1) is 12.0. The molecule has 1 unspecified atom stereocenters. The Morgan fingerprint density at radius 3 is 2.52 bits per heavy atom. The summed E-state index contributed by atoms with van der Waals surface area (Å²) < 4.78 is 5.69. The van der Waals surface area contributed by atoms with E-state index in [1.165, 1.54) is 0 Å². The number of nitrogens with zero attached hydrogens (tertiary/aromatic N) is 1. The molecule has 138 valence electrons. The predicted molar refractivity (Wildman–Crippen MR) is 99.2 cm³/mol. The summed E-state index contributed by atoms with van der Waals surface area (Å²) in [4.78, 5) is 26.0. The van der Waals surface area contributed by atoms with Crippen molar-refractivity contribution < 1.29 is 14.3 Å². The second kappa shape index (κ2) is 9.88. The molecule has 1 fully saturated rings. The zero-order valence-electron chi connectivity index (χ0n) is 14.3. The zero-order chi connectivity index (χ0) is 18.2. The van der Waals surface area contributed by atoms with Gasteiger partial charge in [0.25, 0.3) is 5.91 Å². The fourth-order valence-electron chi connectivity index (χ4n) is 2.80. The highest BCUT2D eigenvalue weighted by Crippen LogP contribution is 2.18. The number of rotatable bonds is 7. The number of ether oxygens (including phenoxy) is 1. The number of likely N-dealkylation sites (tertiary alicyclic amines) is 1. The van der Waals surface area contributed by atoms with Crippen molar-refractivity contribution >= 4 is 35.0 Å². The second-order valence-corrected chi connectivity index (χ2v) is 6.99. The van der Waals surface area contributed by atoms with Crippen LogP contribution >= 0.6 is 23.2 Å². The molecule has 0 radical (unpaired) electrons. The van der Waals surface area contributed by atoms with E-state index in [4.69, 9.17) is 27.9 Å². The molecule has 0 bridgehead atoms. The molecule has 1 aliphatic heterocycles. The highest BCUT2D eigenvalue weighted by molar-refractivity contribution is 6.30. The normalized spacial score (nSPS) is 16.4. The van der Waals surface area contributed by atoms with Crippen LogP contribution in [0.2, 0.25) is 5.02 Å². The molecule has 1 atom stereocenters. The standard InChI is InChI=1S/C18H24Cl2N2O3/c1-13(25-16-6-4-14(20)5-7-16)18(24)22-11-8-15(9-12-22)21-17(23)3-2-10-19/h4-7,13,15H,2-3,8-12H2,1H3,(H,21,23). The molecule has 1 N–H and O–H groups in total. The minimum atomic E-state index is -0.559. The van der Waals surface area contributed by atoms with Crippen molar-refractivity contribution in [1.82, 2.24) is 10.2 Å². The van der Waals surface area contributed by atoms with Gasteiger partial charge in [0, 0.05) is 36.5 Å². The summed E-state index contributed by atoms with van der Waals surface area (Å²) in [6.45, 7) is 2.98. The number of alkyl halides is 1. The van der Waals surface area contributed by atoms with E-state index in [0.29, 0.717) is 42.6 Å². The third kappa shape index (κ3) is 6.40. The van der Waals surface area contributed by atoms with Gasteiger partial charge in [-0.2, -0.15) is 0 Å². The van der Waals surface area contributed by atoms with E-state index in [2.05, 4.69) is 5.32 Å². The van der Waals surface area contributed by atoms with Crippen LogP contribution < -0.4 is 10.1 Å². The average Bonchev–Trinajstić information content (AvgIpc) is 2.62. The van der Waals surface area contributed by atoms with Crippen LogP contribution in [0.15, 0.2) is 24.3 Å². The van der Waals surface area contributed by atoms with E-state index in [1.54, 1.807) is 36.1 Å². The number of carbonyl (C=O) groups is 2. The van der Waals surface area contributed by atoms with E-state index in [-0.39, 0.29) is 17.9 Å². The van der Waals surface area contributed by atoms with Crippen LogP contribution in [0, 0.1) is 0 Å². The second-order valence-electron chi connectivity index (χ2n) is 6.17. The largest absolute Gasteiger partial charge is 0.481 e. The molecule has 2 rings (SSSR count). The molecule has 2 amide bonds. The fraction of sp³-hybridized carbons (Fsp3) is 0.556. The van der Waals surface area contributed by atoms with Crippen LogP contribution in [0.3, 0.4) is 0 Å². The molecule has 1 aromatic rings. The van der Waals surface area contributed by atoms with E-state index in [0.717, 1.165) is 12.8 Å². The van der Waals surface area contributed by atoms with Crippen molar-refractivity contribution in [3.63, 3.8) is 0 Å². The summed E-state index contributed by atoms with van der Waals surface area (Å²) in [5.74, 6) is 1.10. The Morgan fingerprint density at radius 2 is 1.92 bits per heavy atom. The quantitative estimate of drug-likeness (QED) is 0.731. The van der Waals surface area contributed by atoms with Gasteiger partial charge in [0.2, 0.25) is 5.91 Å². The van der Waals surface area contributed by atoms with Gasteiger partial charge in [-0.3, -0.25) is 9.59 Å². The lowest BCUT2D eigenvalue weighted by Gasteiger charge is -2.33. The van der Waals surface area contributed by atoms with Gasteiger partial charge in [-0.15, -0.1) is 11.6 Å². The highest BCUT2D eigenvalue weighted by Gasteiger charge is 2.27. The predicted octanol–water partition coefficient (Wildman–Crippen LogP) is 3.23. The Hall–Kier alpha value is -1.46. The number of piperidine rings is 1. The van der Waals surface area contributed by atoms with Crippen molar-refractivity contribution in [2.45, 2.75) is 44.8 Å². The Kier molecular flexibility index (Phi) is 7.85. The van der Waals surface area contributed by atoms with E-state index in [9.17, 15) is 9.59 Å². The van der Waals surface area contributed by atoms with Gasteiger partial charge < -0.3 is 15.0 Å². The van der Waals surface area contributed by atoms with Gasteiger partial charge >= 0.3 is 0 Å². The van der Waals surface area contributed by atoms with Crippen LogP contribution in [-0.2, 0) is 9.59 Å². The number of hydrogen-bond donors (Lipinski definition) is 1. The van der Waals surface area contributed by atoms with E-state index >= 15 is 0 Å². The minimum absolute atomic E-state index is 0.0323. The van der Waals surface area contributed by atoms with Gasteiger partial charge in [0.15, 0.2) is 6.10 Å². The SMILES string of the molecule is CC(Oc1ccc(Cl)cc1)C(=O)N1CCC(NC(=O)CCCCl)CC1. The maximum atomic E-state index is 12.5. The third-order valence-corrected chi connectivity index (χ3v) is 4.70. The molecule has 25 heavy (non-hydrogen) atoms. The van der Waals surface area contributed by atoms with Gasteiger partial charge in [0.05, 0.1) is 0 Å². The molecule has 0 aromatic heterocycles. The number of nitrogens with one attached hydrogen (secondary N) is 1. The lowest BCUT2D eigenvalue weighted by molar-refractivity contribution is -0.139. The number of halogens is 2. The molecule has 1 saturated heterocycles. The molecule has 0 saturated carbocycles. The third-order valence-electron chi connectivity index (χ3n) is 4.18. The van der Waals surface area contributed by atoms with Crippen LogP contribution in [0.25, 0.3) is 0 Å². The summed E-state index contributed by atoms with van der Waals surface area (Å²) in [6.07, 6.45) is 2.09. The molecule has 1 aromatic carbocycles.